The molecule has 3 N–H and O–H groups in total. The summed E-state index contributed by atoms with van der Waals surface area (Å²) in [5, 5.41) is 19.7. The SMILES string of the molecule is CC(CNC(=O)OC(C)(C)C)Oc1nccc(F)c1C(C)NCCc1nc2c(C(=O)O)cnn2cc1-c1ccccc1. The number of nitrogens with zero attached hydrogens (tertiary/aromatic N) is 4. The maximum Gasteiger partial charge on any atom is 0.407 e. The van der Waals surface area contributed by atoms with Gasteiger partial charge < -0.3 is 25.2 Å². The largest absolute Gasteiger partial charge is 0.477 e. The predicted octanol–water partition coefficient (Wildman–Crippen LogP) is 4.81. The highest BCUT2D eigenvalue weighted by Gasteiger charge is 2.22. The van der Waals surface area contributed by atoms with Crippen LogP contribution in [0.3, 0.4) is 0 Å². The lowest BCUT2D eigenvalue weighted by atomic mass is 10.0. The number of carboxylic acid groups (broad SMARTS) is 1. The summed E-state index contributed by atoms with van der Waals surface area (Å²) in [6.45, 7) is 9.37. The Morgan fingerprint density at radius 2 is 1.88 bits per heavy atom. The van der Waals surface area contributed by atoms with Gasteiger partial charge in [0.25, 0.3) is 0 Å². The monoisotopic (exact) mass is 578 g/mol. The Morgan fingerprint density at radius 1 is 1.14 bits per heavy atom. The minimum absolute atomic E-state index is 0.00619. The second kappa shape index (κ2) is 12.9. The van der Waals surface area contributed by atoms with Crippen LogP contribution in [0.15, 0.2) is 55.0 Å². The van der Waals surface area contributed by atoms with Gasteiger partial charge in [-0.3, -0.25) is 0 Å². The van der Waals surface area contributed by atoms with Gasteiger partial charge in [-0.15, -0.1) is 0 Å². The van der Waals surface area contributed by atoms with E-state index >= 15 is 4.39 Å². The van der Waals surface area contributed by atoms with E-state index in [0.29, 0.717) is 18.7 Å². The zero-order valence-corrected chi connectivity index (χ0v) is 24.2. The molecule has 2 atom stereocenters. The van der Waals surface area contributed by atoms with Gasteiger partial charge in [0.15, 0.2) is 5.65 Å². The van der Waals surface area contributed by atoms with Crippen molar-refractivity contribution in [2.24, 2.45) is 0 Å². The molecule has 0 saturated heterocycles. The number of carboxylic acids is 1. The first-order chi connectivity index (χ1) is 19.9. The molecule has 1 aromatic carbocycles. The molecule has 4 rings (SSSR count). The van der Waals surface area contributed by atoms with E-state index in [2.05, 4.69) is 25.7 Å². The maximum atomic E-state index is 15.0. The van der Waals surface area contributed by atoms with Crippen LogP contribution in [0.2, 0.25) is 0 Å². The minimum atomic E-state index is -1.11. The lowest BCUT2D eigenvalue weighted by Crippen LogP contribution is -2.38. The van der Waals surface area contributed by atoms with Crippen LogP contribution in [0.4, 0.5) is 9.18 Å². The summed E-state index contributed by atoms with van der Waals surface area (Å²) in [5.74, 6) is -1.48. The van der Waals surface area contributed by atoms with Crippen molar-refractivity contribution < 1.29 is 28.6 Å². The fourth-order valence-electron chi connectivity index (χ4n) is 4.35. The first kappa shape index (κ1) is 30.4. The van der Waals surface area contributed by atoms with E-state index in [1.54, 1.807) is 40.8 Å². The van der Waals surface area contributed by atoms with Crippen LogP contribution in [-0.4, -0.2) is 61.5 Å². The number of aromatic carboxylic acids is 1. The summed E-state index contributed by atoms with van der Waals surface area (Å²) in [4.78, 5) is 32.6. The zero-order valence-electron chi connectivity index (χ0n) is 24.2. The van der Waals surface area contributed by atoms with E-state index in [-0.39, 0.29) is 29.2 Å². The number of ether oxygens (including phenoxy) is 2. The second-order valence-electron chi connectivity index (χ2n) is 10.8. The fraction of sp³-hybridized carbons (Fsp3) is 0.367. The maximum absolute atomic E-state index is 15.0. The van der Waals surface area contributed by atoms with E-state index in [1.165, 1.54) is 23.0 Å². The summed E-state index contributed by atoms with van der Waals surface area (Å²) in [6.07, 6.45) is 3.70. The number of fused-ring (bicyclic) bond motifs is 1. The summed E-state index contributed by atoms with van der Waals surface area (Å²) in [7, 11) is 0. The van der Waals surface area contributed by atoms with Gasteiger partial charge in [-0.1, -0.05) is 30.3 Å². The number of nitrogens with one attached hydrogen (secondary N) is 2. The highest BCUT2D eigenvalue weighted by Crippen LogP contribution is 2.28. The number of rotatable bonds is 11. The second-order valence-corrected chi connectivity index (χ2v) is 10.8. The minimum Gasteiger partial charge on any atom is -0.477 e. The number of pyridine rings is 1. The van der Waals surface area contributed by atoms with Crippen LogP contribution >= 0.6 is 0 Å². The van der Waals surface area contributed by atoms with Crippen LogP contribution < -0.4 is 15.4 Å². The molecule has 0 aliphatic rings. The third-order valence-electron chi connectivity index (χ3n) is 6.28. The quantitative estimate of drug-likeness (QED) is 0.229. The molecular weight excluding hydrogens is 543 g/mol. The van der Waals surface area contributed by atoms with Gasteiger partial charge in [-0.05, 0) is 46.2 Å². The normalized spacial score (nSPS) is 13.0. The molecule has 4 aromatic rings. The first-order valence-electron chi connectivity index (χ1n) is 13.6. The molecule has 11 nitrogen and oxygen atoms in total. The molecule has 0 radical (unpaired) electrons. The molecule has 0 fully saturated rings. The summed E-state index contributed by atoms with van der Waals surface area (Å²) in [6, 6.07) is 10.4. The molecule has 222 valence electrons. The molecule has 1 amide bonds. The van der Waals surface area contributed by atoms with Crippen molar-refractivity contribution in [3.63, 3.8) is 0 Å². The number of benzene rings is 1. The Kier molecular flexibility index (Phi) is 9.36. The Bertz CT molecular complexity index is 1550. The van der Waals surface area contributed by atoms with Gasteiger partial charge in [0, 0.05) is 37.0 Å². The highest BCUT2D eigenvalue weighted by atomic mass is 19.1. The average Bonchev–Trinajstić information content (AvgIpc) is 3.34. The number of amides is 1. The van der Waals surface area contributed by atoms with E-state index in [0.717, 1.165) is 11.1 Å². The van der Waals surface area contributed by atoms with Crippen molar-refractivity contribution >= 4 is 17.7 Å². The number of aromatic nitrogens is 4. The molecule has 0 bridgehead atoms. The van der Waals surface area contributed by atoms with Gasteiger partial charge in [-0.25, -0.2) is 28.5 Å². The summed E-state index contributed by atoms with van der Waals surface area (Å²) < 4.78 is 27.6. The molecule has 42 heavy (non-hydrogen) atoms. The first-order valence-corrected chi connectivity index (χ1v) is 13.6. The lowest BCUT2D eigenvalue weighted by Gasteiger charge is -2.23. The Morgan fingerprint density at radius 3 is 2.57 bits per heavy atom. The number of carbonyl (C=O) groups excluding carboxylic acids is 1. The number of hydrogen-bond acceptors (Lipinski definition) is 8. The zero-order chi connectivity index (χ0) is 30.4. The van der Waals surface area contributed by atoms with Crippen molar-refractivity contribution in [3.8, 4) is 17.0 Å². The Hall–Kier alpha value is -4.58. The highest BCUT2D eigenvalue weighted by molar-refractivity contribution is 5.94. The molecule has 0 aliphatic heterocycles. The molecule has 3 aromatic heterocycles. The van der Waals surface area contributed by atoms with Crippen LogP contribution in [0.25, 0.3) is 16.8 Å². The van der Waals surface area contributed by atoms with E-state index in [1.807, 2.05) is 30.3 Å². The number of hydrogen-bond donors (Lipinski definition) is 3. The molecule has 2 unspecified atom stereocenters. The third kappa shape index (κ3) is 7.58. The van der Waals surface area contributed by atoms with Crippen molar-refractivity contribution in [2.45, 2.75) is 58.8 Å². The molecular formula is C30H35FN6O5. The van der Waals surface area contributed by atoms with Crippen molar-refractivity contribution in [3.05, 3.63) is 77.6 Å². The molecule has 0 spiro atoms. The summed E-state index contributed by atoms with van der Waals surface area (Å²) in [5.41, 5.74) is 2.25. The van der Waals surface area contributed by atoms with Gasteiger partial charge in [0.05, 0.1) is 24.0 Å². The number of alkyl carbamates (subject to hydrolysis) is 1. The Balaban J connectivity index is 1.48. The lowest BCUT2D eigenvalue weighted by molar-refractivity contribution is 0.0502. The van der Waals surface area contributed by atoms with E-state index < -0.39 is 35.6 Å². The molecule has 3 heterocycles. The third-order valence-corrected chi connectivity index (χ3v) is 6.28. The standard InChI is InChI=1S/C30H35FN6O5/c1-18(15-34-29(40)42-30(3,4)5)41-27-25(23(31)11-13-33-27)19(2)32-14-12-24-22(20-9-7-6-8-10-20)17-37-26(36-24)21(16-35-37)28(38)39/h6-11,13,16-19,32H,12,14-15H2,1-5H3,(H,34,40)(H,38,39). The van der Waals surface area contributed by atoms with Crippen LogP contribution in [0.5, 0.6) is 5.88 Å². The van der Waals surface area contributed by atoms with Crippen LogP contribution in [-0.2, 0) is 11.2 Å². The van der Waals surface area contributed by atoms with Gasteiger partial charge in [0.2, 0.25) is 5.88 Å². The molecule has 0 saturated carbocycles. The van der Waals surface area contributed by atoms with Crippen molar-refractivity contribution in [1.29, 1.82) is 0 Å². The average molecular weight is 579 g/mol. The Labute approximate surface area is 243 Å². The van der Waals surface area contributed by atoms with Crippen LogP contribution in [0, 0.1) is 5.82 Å². The predicted molar refractivity (Wildman–Crippen MR) is 154 cm³/mol. The topological polar surface area (TPSA) is 140 Å². The molecule has 0 aliphatic carbocycles. The van der Waals surface area contributed by atoms with E-state index in [4.69, 9.17) is 9.47 Å². The summed E-state index contributed by atoms with van der Waals surface area (Å²) >= 11 is 0. The van der Waals surface area contributed by atoms with E-state index in [9.17, 15) is 14.7 Å². The van der Waals surface area contributed by atoms with Gasteiger partial charge in [0.1, 0.15) is 23.1 Å². The van der Waals surface area contributed by atoms with Gasteiger partial charge >= 0.3 is 12.1 Å². The van der Waals surface area contributed by atoms with Crippen molar-refractivity contribution in [1.82, 2.24) is 30.2 Å². The fourth-order valence-corrected chi connectivity index (χ4v) is 4.35. The smallest absolute Gasteiger partial charge is 0.407 e. The molecule has 12 heteroatoms. The van der Waals surface area contributed by atoms with Crippen molar-refractivity contribution in [2.75, 3.05) is 13.1 Å². The van der Waals surface area contributed by atoms with Crippen LogP contribution in [0.1, 0.15) is 62.3 Å². The van der Waals surface area contributed by atoms with Gasteiger partial charge in [-0.2, -0.15) is 5.10 Å². The number of carbonyl (C=O) groups is 2. The number of halogens is 1.